The molecule has 0 spiro atoms. The molecule has 1 rings (SSSR count). The predicted molar refractivity (Wildman–Crippen MR) is 41.1 cm³/mol. The molecule has 0 saturated carbocycles. The van der Waals surface area contributed by atoms with Crippen molar-refractivity contribution in [3.05, 3.63) is 39.7 Å². The van der Waals surface area contributed by atoms with Gasteiger partial charge in [0.1, 0.15) is 5.82 Å². The van der Waals surface area contributed by atoms with Crippen LogP contribution in [0.15, 0.2) is 12.1 Å². The quantitative estimate of drug-likeness (QED) is 0.467. The maximum atomic E-state index is 12.9. The molecular formula is C6H4F3N3O3. The van der Waals surface area contributed by atoms with Crippen molar-refractivity contribution in [2.45, 2.75) is 0 Å². The first-order chi connectivity index (χ1) is 6.91. The molecule has 0 radical (unpaired) electrons. The summed E-state index contributed by atoms with van der Waals surface area (Å²) < 4.78 is 38.2. The number of hydrazine groups is 1. The molecule has 0 saturated heterocycles. The Kier molecular flexibility index (Phi) is 2.95. The molecular weight excluding hydrogens is 219 g/mol. The second-order valence-electron chi connectivity index (χ2n) is 2.35. The van der Waals surface area contributed by atoms with Gasteiger partial charge in [-0.25, -0.2) is 19.0 Å². The molecule has 0 atom stereocenters. The average Bonchev–Trinajstić information content (AvgIpc) is 1.99. The van der Waals surface area contributed by atoms with Crippen LogP contribution in [0.1, 0.15) is 0 Å². The van der Waals surface area contributed by atoms with Crippen molar-refractivity contribution in [3.63, 3.8) is 0 Å². The fraction of sp³-hybridized carbons (Fsp3) is 0. The van der Waals surface area contributed by atoms with Crippen LogP contribution in [0.3, 0.4) is 0 Å². The van der Waals surface area contributed by atoms with Gasteiger partial charge in [-0.1, -0.05) is 0 Å². The molecule has 6 nitrogen and oxygen atoms in total. The van der Waals surface area contributed by atoms with Gasteiger partial charge in [-0.2, -0.15) is 4.94 Å². The first kappa shape index (κ1) is 11.0. The van der Waals surface area contributed by atoms with Gasteiger partial charge in [0.15, 0.2) is 17.3 Å². The summed E-state index contributed by atoms with van der Waals surface area (Å²) in [6.07, 6.45) is 0. The summed E-state index contributed by atoms with van der Waals surface area (Å²) in [5.74, 6) is 0.798. The molecule has 9 heteroatoms. The van der Waals surface area contributed by atoms with Gasteiger partial charge in [-0.15, -0.1) is 15.3 Å². The molecule has 0 fully saturated rings. The molecule has 0 aliphatic carbocycles. The van der Waals surface area contributed by atoms with Gasteiger partial charge in [0.05, 0.1) is 0 Å². The number of hydrogen-bond acceptors (Lipinski definition) is 5. The van der Waals surface area contributed by atoms with Gasteiger partial charge in [0.25, 0.3) is 0 Å². The number of benzene rings is 1. The number of halogens is 3. The summed E-state index contributed by atoms with van der Waals surface area (Å²) in [5, 5.41) is 8.20. The third kappa shape index (κ3) is 2.47. The van der Waals surface area contributed by atoms with E-state index in [1.54, 1.807) is 0 Å². The molecule has 82 valence electrons. The largest absolute Gasteiger partial charge is 0.318 e. The molecule has 0 amide bonds. The molecule has 15 heavy (non-hydrogen) atoms. The topological polar surface area (TPSA) is 81.6 Å². The van der Waals surface area contributed by atoms with Crippen LogP contribution >= 0.6 is 0 Å². The second-order valence-corrected chi connectivity index (χ2v) is 2.35. The number of anilines is 1. The highest BCUT2D eigenvalue weighted by atomic mass is 19.1. The second kappa shape index (κ2) is 4.00. The van der Waals surface area contributed by atoms with Crippen molar-refractivity contribution >= 4 is 5.69 Å². The Bertz CT molecular complexity index is 377. The molecule has 0 aliphatic rings. The minimum absolute atomic E-state index is 0.246. The highest BCUT2D eigenvalue weighted by Crippen LogP contribution is 2.22. The van der Waals surface area contributed by atoms with E-state index in [9.17, 15) is 23.3 Å². The van der Waals surface area contributed by atoms with Crippen LogP contribution in [0.2, 0.25) is 0 Å². The first-order valence-electron chi connectivity index (χ1n) is 3.43. The lowest BCUT2D eigenvalue weighted by Gasteiger charge is -2.15. The summed E-state index contributed by atoms with van der Waals surface area (Å²) >= 11 is 0. The van der Waals surface area contributed by atoms with E-state index in [4.69, 9.17) is 5.84 Å². The predicted octanol–water partition coefficient (Wildman–Crippen LogP) is 0.907. The van der Waals surface area contributed by atoms with Gasteiger partial charge in [0.2, 0.25) is 0 Å². The lowest BCUT2D eigenvalue weighted by Crippen LogP contribution is -2.35. The molecule has 2 N–H and O–H groups in total. The van der Waals surface area contributed by atoms with Gasteiger partial charge in [-0.05, 0) is 0 Å². The van der Waals surface area contributed by atoms with Crippen molar-refractivity contribution in [1.29, 1.82) is 0 Å². The van der Waals surface area contributed by atoms with Crippen molar-refractivity contribution in [2.24, 2.45) is 5.84 Å². The number of nitrogens with two attached hydrogens (primary N) is 1. The van der Waals surface area contributed by atoms with E-state index in [1.165, 1.54) is 0 Å². The van der Waals surface area contributed by atoms with Crippen LogP contribution in [0.5, 0.6) is 0 Å². The minimum atomic E-state index is -1.42. The van der Waals surface area contributed by atoms with Crippen molar-refractivity contribution in [2.75, 3.05) is 5.17 Å². The Hall–Kier alpha value is -2.03. The monoisotopic (exact) mass is 223 g/mol. The fourth-order valence-electron chi connectivity index (χ4n) is 0.858. The SMILES string of the molecule is NN(O[N+](=O)[O-])c1c(F)cc(F)cc1F. The Morgan fingerprint density at radius 3 is 2.20 bits per heavy atom. The Balaban J connectivity index is 3.08. The first-order valence-corrected chi connectivity index (χ1v) is 3.43. The van der Waals surface area contributed by atoms with Crippen molar-refractivity contribution in [1.82, 2.24) is 0 Å². The summed E-state index contributed by atoms with van der Waals surface area (Å²) in [7, 11) is 0. The molecule has 0 aliphatic heterocycles. The smallest absolute Gasteiger partial charge is 0.222 e. The lowest BCUT2D eigenvalue weighted by atomic mass is 10.3. The molecule has 0 unspecified atom stereocenters. The summed E-state index contributed by atoms with van der Waals surface area (Å²) in [5.41, 5.74) is -1.06. The number of rotatable bonds is 3. The van der Waals surface area contributed by atoms with Crippen LogP contribution in [0.4, 0.5) is 18.9 Å². The fourth-order valence-corrected chi connectivity index (χ4v) is 0.858. The third-order valence-electron chi connectivity index (χ3n) is 1.36. The van der Waals surface area contributed by atoms with E-state index < -0.39 is 28.2 Å². The Labute approximate surface area is 80.7 Å². The van der Waals surface area contributed by atoms with Crippen LogP contribution in [-0.2, 0) is 4.94 Å². The molecule has 1 aromatic carbocycles. The van der Waals surface area contributed by atoms with E-state index in [0.717, 1.165) is 0 Å². The molecule has 1 aromatic rings. The highest BCUT2D eigenvalue weighted by molar-refractivity contribution is 5.45. The molecule has 0 aromatic heterocycles. The normalized spacial score (nSPS) is 9.87. The zero-order valence-electron chi connectivity index (χ0n) is 6.99. The van der Waals surface area contributed by atoms with Crippen LogP contribution in [0, 0.1) is 27.6 Å². The van der Waals surface area contributed by atoms with Crippen LogP contribution < -0.4 is 11.0 Å². The van der Waals surface area contributed by atoms with E-state index in [-0.39, 0.29) is 5.17 Å². The van der Waals surface area contributed by atoms with Gasteiger partial charge >= 0.3 is 5.09 Å². The summed E-state index contributed by atoms with van der Waals surface area (Å²) in [6, 6.07) is 0.614. The Morgan fingerprint density at radius 2 is 1.80 bits per heavy atom. The summed E-state index contributed by atoms with van der Waals surface area (Å²) in [4.78, 5) is 13.4. The standard InChI is InChI=1S/C6H4F3N3O3/c7-3-1-4(8)6(5(9)2-3)11(10)15-12(13)14/h1-2H,10H2. The summed E-state index contributed by atoms with van der Waals surface area (Å²) in [6.45, 7) is 0. The van der Waals surface area contributed by atoms with E-state index in [1.807, 2.05) is 0 Å². The van der Waals surface area contributed by atoms with Crippen LogP contribution in [-0.4, -0.2) is 5.09 Å². The third-order valence-corrected chi connectivity index (χ3v) is 1.36. The number of nitrogens with zero attached hydrogens (tertiary/aromatic N) is 2. The molecule has 0 heterocycles. The molecule has 0 bridgehead atoms. The van der Waals surface area contributed by atoms with E-state index in [2.05, 4.69) is 4.94 Å². The zero-order chi connectivity index (χ0) is 11.6. The highest BCUT2D eigenvalue weighted by Gasteiger charge is 2.18. The maximum Gasteiger partial charge on any atom is 0.318 e. The maximum absolute atomic E-state index is 12.9. The van der Waals surface area contributed by atoms with E-state index >= 15 is 0 Å². The van der Waals surface area contributed by atoms with Gasteiger partial charge in [0, 0.05) is 12.1 Å². The average molecular weight is 223 g/mol. The lowest BCUT2D eigenvalue weighted by molar-refractivity contribution is -0.762. The van der Waals surface area contributed by atoms with Gasteiger partial charge in [-0.3, -0.25) is 0 Å². The minimum Gasteiger partial charge on any atom is -0.222 e. The van der Waals surface area contributed by atoms with Crippen molar-refractivity contribution in [3.8, 4) is 0 Å². The Morgan fingerprint density at radius 1 is 1.33 bits per heavy atom. The van der Waals surface area contributed by atoms with Gasteiger partial charge < -0.3 is 0 Å². The zero-order valence-corrected chi connectivity index (χ0v) is 6.99. The van der Waals surface area contributed by atoms with E-state index in [0.29, 0.717) is 12.1 Å². The van der Waals surface area contributed by atoms with Crippen LogP contribution in [0.25, 0.3) is 0 Å². The number of hydrogen-bond donors (Lipinski definition) is 1. The van der Waals surface area contributed by atoms with Crippen molar-refractivity contribution < 1.29 is 23.2 Å².